The third-order valence-electron chi connectivity index (χ3n) is 2.90. The summed E-state index contributed by atoms with van der Waals surface area (Å²) in [6.07, 6.45) is 0. The Balaban J connectivity index is 2.14. The first kappa shape index (κ1) is 15.1. The summed E-state index contributed by atoms with van der Waals surface area (Å²) >= 11 is 1.15. The standard InChI is InChI=1S/C14H13FN2O3S/c1-7-3-4-9(15)5-10(7)12(18)16-8(2)13-17-11(6-21-13)14(19)20/h3-6,8H,1-2H3,(H,16,18)(H,19,20). The lowest BCUT2D eigenvalue weighted by Gasteiger charge is -2.12. The topological polar surface area (TPSA) is 79.3 Å². The predicted octanol–water partition coefficient (Wildman–Crippen LogP) is 2.78. The number of hydrogen-bond acceptors (Lipinski definition) is 4. The first-order valence-corrected chi connectivity index (χ1v) is 7.02. The highest BCUT2D eigenvalue weighted by atomic mass is 32.1. The van der Waals surface area contributed by atoms with Crippen molar-refractivity contribution >= 4 is 23.2 Å². The monoisotopic (exact) mass is 308 g/mol. The van der Waals surface area contributed by atoms with E-state index in [1.807, 2.05) is 0 Å². The number of carboxylic acid groups (broad SMARTS) is 1. The molecule has 1 heterocycles. The molecule has 2 aromatic rings. The van der Waals surface area contributed by atoms with E-state index in [0.717, 1.165) is 11.3 Å². The number of carbonyl (C=O) groups excluding carboxylic acids is 1. The van der Waals surface area contributed by atoms with Crippen molar-refractivity contribution in [2.24, 2.45) is 0 Å². The first-order chi connectivity index (χ1) is 9.88. The molecule has 2 rings (SSSR count). The highest BCUT2D eigenvalue weighted by molar-refractivity contribution is 7.09. The van der Waals surface area contributed by atoms with E-state index < -0.39 is 23.7 Å². The molecule has 0 saturated heterocycles. The van der Waals surface area contributed by atoms with Crippen LogP contribution in [0.2, 0.25) is 0 Å². The predicted molar refractivity (Wildman–Crippen MR) is 76.1 cm³/mol. The van der Waals surface area contributed by atoms with E-state index in [2.05, 4.69) is 10.3 Å². The number of aromatic nitrogens is 1. The summed E-state index contributed by atoms with van der Waals surface area (Å²) in [5.74, 6) is -2.02. The van der Waals surface area contributed by atoms with Crippen LogP contribution in [0.25, 0.3) is 0 Å². The number of hydrogen-bond donors (Lipinski definition) is 2. The Hall–Kier alpha value is -2.28. The number of carbonyl (C=O) groups is 2. The van der Waals surface area contributed by atoms with Gasteiger partial charge in [-0.25, -0.2) is 14.2 Å². The van der Waals surface area contributed by atoms with Gasteiger partial charge in [0.1, 0.15) is 10.8 Å². The lowest BCUT2D eigenvalue weighted by atomic mass is 10.1. The maximum atomic E-state index is 13.2. The normalized spacial score (nSPS) is 12.0. The molecule has 5 nitrogen and oxygen atoms in total. The number of carboxylic acids is 1. The van der Waals surface area contributed by atoms with Crippen molar-refractivity contribution < 1.29 is 19.1 Å². The Morgan fingerprint density at radius 3 is 2.76 bits per heavy atom. The molecule has 2 N–H and O–H groups in total. The summed E-state index contributed by atoms with van der Waals surface area (Å²) in [6, 6.07) is 3.52. The van der Waals surface area contributed by atoms with E-state index in [1.54, 1.807) is 13.8 Å². The third kappa shape index (κ3) is 3.43. The zero-order chi connectivity index (χ0) is 15.6. The van der Waals surface area contributed by atoms with Gasteiger partial charge in [-0.15, -0.1) is 11.3 Å². The molecule has 7 heteroatoms. The first-order valence-electron chi connectivity index (χ1n) is 6.14. The number of thiazole rings is 1. The van der Waals surface area contributed by atoms with Crippen LogP contribution in [0.5, 0.6) is 0 Å². The quantitative estimate of drug-likeness (QED) is 0.910. The lowest BCUT2D eigenvalue weighted by molar-refractivity contribution is 0.0691. The minimum Gasteiger partial charge on any atom is -0.476 e. The van der Waals surface area contributed by atoms with Crippen molar-refractivity contribution in [3.8, 4) is 0 Å². The van der Waals surface area contributed by atoms with Gasteiger partial charge in [0, 0.05) is 10.9 Å². The van der Waals surface area contributed by atoms with Crippen molar-refractivity contribution in [1.82, 2.24) is 10.3 Å². The Morgan fingerprint density at radius 1 is 1.43 bits per heavy atom. The SMILES string of the molecule is Cc1ccc(F)cc1C(=O)NC(C)c1nc(C(=O)O)cs1. The van der Waals surface area contributed by atoms with Gasteiger partial charge < -0.3 is 10.4 Å². The number of benzene rings is 1. The molecule has 0 fully saturated rings. The van der Waals surface area contributed by atoms with E-state index in [-0.39, 0.29) is 11.3 Å². The highest BCUT2D eigenvalue weighted by Crippen LogP contribution is 2.19. The molecule has 1 unspecified atom stereocenters. The Morgan fingerprint density at radius 2 is 2.14 bits per heavy atom. The fourth-order valence-electron chi connectivity index (χ4n) is 1.76. The molecule has 1 atom stereocenters. The second-order valence-corrected chi connectivity index (χ2v) is 5.42. The van der Waals surface area contributed by atoms with E-state index in [1.165, 1.54) is 23.6 Å². The Labute approximate surface area is 124 Å². The maximum Gasteiger partial charge on any atom is 0.355 e. The van der Waals surface area contributed by atoms with Crippen LogP contribution in [0.3, 0.4) is 0 Å². The van der Waals surface area contributed by atoms with E-state index in [0.29, 0.717) is 10.6 Å². The number of aromatic carboxylic acids is 1. The van der Waals surface area contributed by atoms with Crippen LogP contribution in [-0.4, -0.2) is 22.0 Å². The van der Waals surface area contributed by atoms with Crippen LogP contribution < -0.4 is 5.32 Å². The van der Waals surface area contributed by atoms with Gasteiger partial charge in [-0.05, 0) is 31.5 Å². The largest absolute Gasteiger partial charge is 0.476 e. The van der Waals surface area contributed by atoms with Gasteiger partial charge in [0.25, 0.3) is 5.91 Å². The van der Waals surface area contributed by atoms with E-state index in [4.69, 9.17) is 5.11 Å². The molecule has 21 heavy (non-hydrogen) atoms. The zero-order valence-corrected chi connectivity index (χ0v) is 12.2. The van der Waals surface area contributed by atoms with Crippen LogP contribution in [0.4, 0.5) is 4.39 Å². The summed E-state index contributed by atoms with van der Waals surface area (Å²) in [5.41, 5.74) is 0.848. The number of amides is 1. The Bertz CT molecular complexity index is 699. The van der Waals surface area contributed by atoms with Crippen molar-refractivity contribution in [2.45, 2.75) is 19.9 Å². The van der Waals surface area contributed by atoms with Gasteiger partial charge >= 0.3 is 5.97 Å². The van der Waals surface area contributed by atoms with Gasteiger partial charge in [-0.3, -0.25) is 4.79 Å². The Kier molecular flexibility index (Phi) is 4.32. The third-order valence-corrected chi connectivity index (χ3v) is 3.93. The fourth-order valence-corrected chi connectivity index (χ4v) is 2.56. The molecule has 1 amide bonds. The number of nitrogens with zero attached hydrogens (tertiary/aromatic N) is 1. The second kappa shape index (κ2) is 6.01. The summed E-state index contributed by atoms with van der Waals surface area (Å²) < 4.78 is 13.2. The minimum absolute atomic E-state index is 0.0574. The number of rotatable bonds is 4. The van der Waals surface area contributed by atoms with Crippen molar-refractivity contribution in [3.05, 3.63) is 51.2 Å². The lowest BCUT2D eigenvalue weighted by Crippen LogP contribution is -2.27. The molecule has 110 valence electrons. The van der Waals surface area contributed by atoms with Gasteiger partial charge in [-0.2, -0.15) is 0 Å². The second-order valence-electron chi connectivity index (χ2n) is 4.53. The van der Waals surface area contributed by atoms with Crippen molar-refractivity contribution in [1.29, 1.82) is 0 Å². The number of halogens is 1. The molecule has 0 aliphatic rings. The van der Waals surface area contributed by atoms with Crippen molar-refractivity contribution in [3.63, 3.8) is 0 Å². The number of nitrogens with one attached hydrogen (secondary N) is 1. The van der Waals surface area contributed by atoms with Crippen LogP contribution >= 0.6 is 11.3 Å². The van der Waals surface area contributed by atoms with Gasteiger partial charge in [-0.1, -0.05) is 6.07 Å². The fraction of sp³-hybridized carbons (Fsp3) is 0.214. The van der Waals surface area contributed by atoms with E-state index in [9.17, 15) is 14.0 Å². The van der Waals surface area contributed by atoms with Gasteiger partial charge in [0.05, 0.1) is 6.04 Å². The zero-order valence-electron chi connectivity index (χ0n) is 11.4. The molecule has 0 radical (unpaired) electrons. The molecule has 0 bridgehead atoms. The number of aryl methyl sites for hydroxylation is 1. The molecule has 0 aliphatic heterocycles. The molecule has 1 aromatic carbocycles. The summed E-state index contributed by atoms with van der Waals surface area (Å²) in [4.78, 5) is 26.8. The van der Waals surface area contributed by atoms with Crippen LogP contribution in [0, 0.1) is 12.7 Å². The average Bonchev–Trinajstić information content (AvgIpc) is 2.91. The smallest absolute Gasteiger partial charge is 0.355 e. The van der Waals surface area contributed by atoms with Gasteiger partial charge in [0.15, 0.2) is 5.69 Å². The van der Waals surface area contributed by atoms with E-state index >= 15 is 0 Å². The maximum absolute atomic E-state index is 13.2. The molecule has 0 aliphatic carbocycles. The molecule has 1 aromatic heterocycles. The van der Waals surface area contributed by atoms with Crippen molar-refractivity contribution in [2.75, 3.05) is 0 Å². The van der Waals surface area contributed by atoms with Gasteiger partial charge in [0.2, 0.25) is 0 Å². The molecular formula is C14H13FN2O3S. The summed E-state index contributed by atoms with van der Waals surface area (Å²) in [7, 11) is 0. The van der Waals surface area contributed by atoms with Crippen LogP contribution in [0.15, 0.2) is 23.6 Å². The summed E-state index contributed by atoms with van der Waals surface area (Å²) in [6.45, 7) is 3.40. The molecular weight excluding hydrogens is 295 g/mol. The minimum atomic E-state index is -1.11. The van der Waals surface area contributed by atoms with Crippen LogP contribution in [-0.2, 0) is 0 Å². The highest BCUT2D eigenvalue weighted by Gasteiger charge is 2.18. The van der Waals surface area contributed by atoms with Crippen LogP contribution in [0.1, 0.15) is 44.4 Å². The molecule has 0 spiro atoms. The molecule has 0 saturated carbocycles. The average molecular weight is 308 g/mol. The summed E-state index contributed by atoms with van der Waals surface area (Å²) in [5, 5.41) is 13.4.